The average molecular weight is 449 g/mol. The fourth-order valence-electron chi connectivity index (χ4n) is 3.85. The van der Waals surface area contributed by atoms with E-state index in [1.54, 1.807) is 6.20 Å². The molecule has 8 nitrogen and oxygen atoms in total. The van der Waals surface area contributed by atoms with Crippen molar-refractivity contribution in [3.8, 4) is 5.75 Å². The van der Waals surface area contributed by atoms with E-state index in [4.69, 9.17) is 4.74 Å². The molecule has 2 heterocycles. The van der Waals surface area contributed by atoms with E-state index in [0.717, 1.165) is 37.0 Å². The maximum Gasteiger partial charge on any atom is 0.266 e. The van der Waals surface area contributed by atoms with E-state index in [1.807, 2.05) is 17.7 Å². The minimum Gasteiger partial charge on any atom is -0.487 e. The average Bonchev–Trinajstić information content (AvgIpc) is 3.40. The third kappa shape index (κ3) is 4.22. The Balaban J connectivity index is 1.57. The maximum absolute atomic E-state index is 14.8. The minimum atomic E-state index is -4.39. The molecule has 1 aliphatic rings. The van der Waals surface area contributed by atoms with E-state index in [-0.39, 0.29) is 23.6 Å². The van der Waals surface area contributed by atoms with Crippen LogP contribution in [0.5, 0.6) is 5.75 Å². The molecule has 31 heavy (non-hydrogen) atoms. The minimum absolute atomic E-state index is 0.00671. The summed E-state index contributed by atoms with van der Waals surface area (Å²) in [6, 6.07) is 5.32. The van der Waals surface area contributed by atoms with Crippen molar-refractivity contribution in [3.63, 3.8) is 0 Å². The molecule has 0 saturated heterocycles. The molecule has 1 aliphatic carbocycles. The predicted octanol–water partition coefficient (Wildman–Crippen LogP) is 3.49. The molecule has 0 spiro atoms. The highest BCUT2D eigenvalue weighted by Crippen LogP contribution is 2.38. The number of nitrogens with one attached hydrogen (secondary N) is 1. The van der Waals surface area contributed by atoms with Gasteiger partial charge in [-0.25, -0.2) is 22.8 Å². The number of anilines is 1. The Morgan fingerprint density at radius 3 is 2.74 bits per heavy atom. The molecule has 3 aromatic rings. The van der Waals surface area contributed by atoms with Gasteiger partial charge in [-0.15, -0.1) is 0 Å². The van der Waals surface area contributed by atoms with Crippen LogP contribution in [-0.2, 0) is 16.6 Å². The number of benzene rings is 1. The van der Waals surface area contributed by atoms with Crippen LogP contribution in [0.25, 0.3) is 0 Å². The lowest BCUT2D eigenvalue weighted by Crippen LogP contribution is -2.23. The highest BCUT2D eigenvalue weighted by molar-refractivity contribution is 7.92. The van der Waals surface area contributed by atoms with Crippen molar-refractivity contribution in [2.75, 3.05) is 4.72 Å². The van der Waals surface area contributed by atoms with Gasteiger partial charge in [0, 0.05) is 30.6 Å². The molecule has 1 aromatic carbocycles. The van der Waals surface area contributed by atoms with Gasteiger partial charge in [-0.3, -0.25) is 9.40 Å². The highest BCUT2D eigenvalue weighted by atomic mass is 32.2. The van der Waals surface area contributed by atoms with Gasteiger partial charge < -0.3 is 4.74 Å². The van der Waals surface area contributed by atoms with Crippen molar-refractivity contribution in [3.05, 3.63) is 60.3 Å². The van der Waals surface area contributed by atoms with E-state index < -0.39 is 26.6 Å². The Morgan fingerprint density at radius 1 is 1.16 bits per heavy atom. The zero-order chi connectivity index (χ0) is 22.0. The quantitative estimate of drug-likeness (QED) is 0.593. The molecule has 0 radical (unpaired) electrons. The summed E-state index contributed by atoms with van der Waals surface area (Å²) in [5.74, 6) is -3.24. The smallest absolute Gasteiger partial charge is 0.266 e. The third-order valence-electron chi connectivity index (χ3n) is 5.28. The van der Waals surface area contributed by atoms with Gasteiger partial charge >= 0.3 is 0 Å². The molecule has 2 aromatic heterocycles. The first-order valence-corrected chi connectivity index (χ1v) is 11.3. The van der Waals surface area contributed by atoms with Crippen molar-refractivity contribution in [1.82, 2.24) is 19.7 Å². The summed E-state index contributed by atoms with van der Waals surface area (Å²) in [5, 5.41) is 4.27. The van der Waals surface area contributed by atoms with Gasteiger partial charge in [0.05, 0.1) is 0 Å². The second kappa shape index (κ2) is 8.58. The van der Waals surface area contributed by atoms with Crippen molar-refractivity contribution >= 4 is 15.8 Å². The summed E-state index contributed by atoms with van der Waals surface area (Å²) in [4.78, 5) is 6.57. The zero-order valence-corrected chi connectivity index (χ0v) is 17.5. The van der Waals surface area contributed by atoms with Gasteiger partial charge in [0.1, 0.15) is 23.1 Å². The first kappa shape index (κ1) is 21.2. The van der Waals surface area contributed by atoms with Crippen LogP contribution in [0, 0.1) is 11.6 Å². The first-order valence-electron chi connectivity index (χ1n) is 9.86. The zero-order valence-electron chi connectivity index (χ0n) is 16.7. The summed E-state index contributed by atoms with van der Waals surface area (Å²) in [7, 11) is -4.39. The molecular weight excluding hydrogens is 428 g/mol. The van der Waals surface area contributed by atoms with Crippen LogP contribution in [0.1, 0.15) is 37.8 Å². The van der Waals surface area contributed by atoms with Gasteiger partial charge in [0.2, 0.25) is 5.82 Å². The normalized spacial score (nSPS) is 18.8. The summed E-state index contributed by atoms with van der Waals surface area (Å²) < 4.78 is 64.2. The van der Waals surface area contributed by atoms with Crippen LogP contribution >= 0.6 is 0 Å². The largest absolute Gasteiger partial charge is 0.487 e. The Kier molecular flexibility index (Phi) is 5.86. The third-order valence-corrected chi connectivity index (χ3v) is 6.65. The van der Waals surface area contributed by atoms with E-state index in [9.17, 15) is 17.2 Å². The monoisotopic (exact) mass is 449 g/mol. The fourth-order valence-corrected chi connectivity index (χ4v) is 4.93. The molecule has 1 N–H and O–H groups in total. The number of aryl methyl sites for hydroxylation is 1. The van der Waals surface area contributed by atoms with Crippen molar-refractivity contribution < 1.29 is 21.9 Å². The molecule has 2 unspecified atom stereocenters. The van der Waals surface area contributed by atoms with Crippen LogP contribution in [0.15, 0.2) is 47.9 Å². The number of nitrogens with zero attached hydrogens (tertiary/aromatic N) is 4. The Hall–Kier alpha value is -3.08. The Labute approximate surface area is 178 Å². The van der Waals surface area contributed by atoms with Crippen LogP contribution in [-0.4, -0.2) is 34.3 Å². The first-order chi connectivity index (χ1) is 14.9. The SMILES string of the molecule is CCn1nccc1C1CCCC1Oc1ccc(S(=O)(=O)Nc2ccncn2)c(F)c1F. The van der Waals surface area contributed by atoms with Gasteiger partial charge in [0.25, 0.3) is 10.0 Å². The predicted molar refractivity (Wildman–Crippen MR) is 108 cm³/mol. The van der Waals surface area contributed by atoms with Crippen LogP contribution in [0.3, 0.4) is 0 Å². The second-order valence-electron chi connectivity index (χ2n) is 7.16. The van der Waals surface area contributed by atoms with Crippen molar-refractivity contribution in [1.29, 1.82) is 0 Å². The van der Waals surface area contributed by atoms with Gasteiger partial charge in [-0.05, 0) is 50.5 Å². The van der Waals surface area contributed by atoms with Crippen molar-refractivity contribution in [2.24, 2.45) is 0 Å². The fraction of sp³-hybridized carbons (Fsp3) is 0.350. The van der Waals surface area contributed by atoms with E-state index in [2.05, 4.69) is 19.8 Å². The second-order valence-corrected chi connectivity index (χ2v) is 8.81. The Morgan fingerprint density at radius 2 is 2.00 bits per heavy atom. The van der Waals surface area contributed by atoms with Gasteiger partial charge in [0.15, 0.2) is 11.6 Å². The molecule has 0 amide bonds. The lowest BCUT2D eigenvalue weighted by atomic mass is 10.0. The molecule has 0 bridgehead atoms. The molecule has 164 valence electrons. The standard InChI is InChI=1S/C20H21F2N5O3S/c1-2-27-14(8-11-25-27)13-4-3-5-15(13)30-16-6-7-17(20(22)19(16)21)31(28,29)26-18-9-10-23-12-24-18/h6-13,15H,2-5H2,1H3,(H,23,24,26). The topological polar surface area (TPSA) is 99.0 Å². The number of sulfonamides is 1. The number of rotatable bonds is 7. The van der Waals surface area contributed by atoms with Crippen LogP contribution < -0.4 is 9.46 Å². The summed E-state index contributed by atoms with van der Waals surface area (Å²) >= 11 is 0. The molecule has 4 rings (SSSR count). The lowest BCUT2D eigenvalue weighted by molar-refractivity contribution is 0.176. The molecule has 0 aliphatic heterocycles. The highest BCUT2D eigenvalue weighted by Gasteiger charge is 2.34. The molecule has 11 heteroatoms. The number of ether oxygens (including phenoxy) is 1. The Bertz CT molecular complexity index is 1170. The molecular formula is C20H21F2N5O3S. The molecule has 1 saturated carbocycles. The summed E-state index contributed by atoms with van der Waals surface area (Å²) in [6.07, 6.45) is 6.20. The molecule has 2 atom stereocenters. The number of aromatic nitrogens is 4. The number of hydrogen-bond acceptors (Lipinski definition) is 6. The summed E-state index contributed by atoms with van der Waals surface area (Å²) in [5.41, 5.74) is 0.985. The lowest BCUT2D eigenvalue weighted by Gasteiger charge is -2.22. The molecule has 1 fully saturated rings. The van der Waals surface area contributed by atoms with Crippen LogP contribution in [0.4, 0.5) is 14.6 Å². The van der Waals surface area contributed by atoms with Crippen LogP contribution in [0.2, 0.25) is 0 Å². The van der Waals surface area contributed by atoms with E-state index >= 15 is 0 Å². The number of hydrogen-bond donors (Lipinski definition) is 1. The maximum atomic E-state index is 14.8. The summed E-state index contributed by atoms with van der Waals surface area (Å²) in [6.45, 7) is 2.67. The van der Waals surface area contributed by atoms with Gasteiger partial charge in [-0.1, -0.05) is 0 Å². The van der Waals surface area contributed by atoms with E-state index in [1.165, 1.54) is 12.3 Å². The van der Waals surface area contributed by atoms with E-state index in [0.29, 0.717) is 13.0 Å². The van der Waals surface area contributed by atoms with Crippen molar-refractivity contribution in [2.45, 2.75) is 49.6 Å². The van der Waals surface area contributed by atoms with Gasteiger partial charge in [-0.2, -0.15) is 9.49 Å². The number of halogens is 2.